The Hall–Kier alpha value is -1.42. The highest BCUT2D eigenvalue weighted by Gasteiger charge is 2.50. The Kier molecular flexibility index (Phi) is 3.98. The van der Waals surface area contributed by atoms with Crippen LogP contribution in [0.15, 0.2) is 24.4 Å². The number of nitrogens with zero attached hydrogens (tertiary/aromatic N) is 3. The molecule has 114 valence electrons. The molecule has 0 aromatic carbocycles. The third-order valence-corrected chi connectivity index (χ3v) is 4.74. The summed E-state index contributed by atoms with van der Waals surface area (Å²) < 4.78 is 0. The van der Waals surface area contributed by atoms with Crippen molar-refractivity contribution < 1.29 is 4.79 Å². The molecule has 2 aliphatic heterocycles. The second kappa shape index (κ2) is 5.76. The highest BCUT2D eigenvalue weighted by molar-refractivity contribution is 5.85. The van der Waals surface area contributed by atoms with Gasteiger partial charge >= 0.3 is 0 Å². The molecule has 1 atom stereocenters. The summed E-state index contributed by atoms with van der Waals surface area (Å²) in [7, 11) is 0. The van der Waals surface area contributed by atoms with Gasteiger partial charge in [-0.3, -0.25) is 9.78 Å². The monoisotopic (exact) mass is 287 g/mol. The molecule has 21 heavy (non-hydrogen) atoms. The molecule has 1 spiro atoms. The number of likely N-dealkylation sites (tertiary alicyclic amines) is 2. The highest BCUT2D eigenvalue weighted by Crippen LogP contribution is 2.41. The first kappa shape index (κ1) is 14.5. The van der Waals surface area contributed by atoms with Crippen LogP contribution in [0.1, 0.15) is 32.4 Å². The predicted octanol–water partition coefficient (Wildman–Crippen LogP) is 2.16. The average molecular weight is 287 g/mol. The summed E-state index contributed by atoms with van der Waals surface area (Å²) in [4.78, 5) is 21.6. The summed E-state index contributed by atoms with van der Waals surface area (Å²) in [5.74, 6) is 1.01. The van der Waals surface area contributed by atoms with E-state index in [2.05, 4.69) is 23.7 Å². The van der Waals surface area contributed by atoms with E-state index in [9.17, 15) is 4.79 Å². The number of carbonyl (C=O) groups is 1. The van der Waals surface area contributed by atoms with E-state index in [1.807, 2.05) is 23.1 Å². The molecule has 0 bridgehead atoms. The summed E-state index contributed by atoms with van der Waals surface area (Å²) in [6, 6.07) is 5.90. The normalized spacial score (nSPS) is 26.4. The van der Waals surface area contributed by atoms with Crippen molar-refractivity contribution in [2.45, 2.75) is 33.2 Å². The number of aromatic nitrogens is 1. The van der Waals surface area contributed by atoms with Crippen LogP contribution < -0.4 is 0 Å². The van der Waals surface area contributed by atoms with Crippen molar-refractivity contribution >= 4 is 5.91 Å². The van der Waals surface area contributed by atoms with E-state index in [0.29, 0.717) is 18.4 Å². The minimum absolute atomic E-state index is 0.107. The number of hydrogen-bond acceptors (Lipinski definition) is 3. The molecule has 1 unspecified atom stereocenters. The first-order chi connectivity index (χ1) is 10.1. The van der Waals surface area contributed by atoms with E-state index in [0.717, 1.165) is 44.7 Å². The lowest BCUT2D eigenvalue weighted by molar-refractivity contribution is -0.136. The number of rotatable bonds is 4. The molecule has 3 rings (SSSR count). The molecular formula is C17H25N3O. The number of amides is 1. The highest BCUT2D eigenvalue weighted by atomic mass is 16.2. The predicted molar refractivity (Wildman–Crippen MR) is 82.6 cm³/mol. The fourth-order valence-corrected chi connectivity index (χ4v) is 3.74. The maximum Gasteiger partial charge on any atom is 0.230 e. The minimum atomic E-state index is -0.107. The van der Waals surface area contributed by atoms with E-state index in [4.69, 9.17) is 0 Å². The maximum absolute atomic E-state index is 12.8. The van der Waals surface area contributed by atoms with Crippen molar-refractivity contribution in [1.29, 1.82) is 0 Å². The molecule has 2 fully saturated rings. The molecule has 3 heterocycles. The molecule has 2 aliphatic rings. The van der Waals surface area contributed by atoms with Gasteiger partial charge in [0.25, 0.3) is 0 Å². The second-order valence-corrected chi connectivity index (χ2v) is 6.96. The van der Waals surface area contributed by atoms with Crippen LogP contribution in [-0.4, -0.2) is 46.9 Å². The lowest BCUT2D eigenvalue weighted by atomic mass is 9.85. The molecule has 1 amide bonds. The van der Waals surface area contributed by atoms with E-state index < -0.39 is 0 Å². The zero-order valence-corrected chi connectivity index (χ0v) is 13.1. The first-order valence-electron chi connectivity index (χ1n) is 8.01. The van der Waals surface area contributed by atoms with Gasteiger partial charge in [-0.15, -0.1) is 0 Å². The van der Waals surface area contributed by atoms with Crippen LogP contribution in [0.25, 0.3) is 0 Å². The van der Waals surface area contributed by atoms with E-state index in [1.165, 1.54) is 0 Å². The van der Waals surface area contributed by atoms with Crippen molar-refractivity contribution in [2.75, 3.05) is 26.2 Å². The van der Waals surface area contributed by atoms with Crippen LogP contribution in [0.2, 0.25) is 0 Å². The Morgan fingerprint density at radius 1 is 1.29 bits per heavy atom. The first-order valence-corrected chi connectivity index (χ1v) is 8.01. The smallest absolute Gasteiger partial charge is 0.230 e. The molecule has 4 nitrogen and oxygen atoms in total. The topological polar surface area (TPSA) is 36.4 Å². The van der Waals surface area contributed by atoms with Gasteiger partial charge in [0, 0.05) is 25.8 Å². The molecule has 1 aromatic heterocycles. The van der Waals surface area contributed by atoms with Gasteiger partial charge in [0.1, 0.15) is 0 Å². The Labute approximate surface area is 127 Å². The molecule has 1 aromatic rings. The van der Waals surface area contributed by atoms with Crippen LogP contribution in [0.3, 0.4) is 0 Å². The molecular weight excluding hydrogens is 262 g/mol. The Morgan fingerprint density at radius 2 is 2.10 bits per heavy atom. The van der Waals surface area contributed by atoms with Crippen LogP contribution in [0.5, 0.6) is 0 Å². The van der Waals surface area contributed by atoms with Crippen molar-refractivity contribution in [3.05, 3.63) is 30.1 Å². The zero-order valence-electron chi connectivity index (χ0n) is 13.1. The summed E-state index contributed by atoms with van der Waals surface area (Å²) in [6.07, 6.45) is 3.83. The third-order valence-electron chi connectivity index (χ3n) is 4.74. The van der Waals surface area contributed by atoms with Crippen molar-refractivity contribution in [1.82, 2.24) is 14.8 Å². The van der Waals surface area contributed by atoms with Crippen molar-refractivity contribution in [2.24, 2.45) is 11.3 Å². The maximum atomic E-state index is 12.8. The third kappa shape index (κ3) is 2.95. The quantitative estimate of drug-likeness (QED) is 0.851. The summed E-state index contributed by atoms with van der Waals surface area (Å²) in [6.45, 7) is 9.15. The van der Waals surface area contributed by atoms with Gasteiger partial charge in [-0.2, -0.15) is 0 Å². The van der Waals surface area contributed by atoms with E-state index in [1.54, 1.807) is 6.20 Å². The van der Waals surface area contributed by atoms with Gasteiger partial charge in [0.2, 0.25) is 5.91 Å². The number of pyridine rings is 1. The number of carbonyl (C=O) groups excluding carboxylic acids is 1. The average Bonchev–Trinajstić information content (AvgIpc) is 2.99. The van der Waals surface area contributed by atoms with Gasteiger partial charge in [0.15, 0.2) is 0 Å². The number of hydrogen-bond donors (Lipinski definition) is 0. The SMILES string of the molecule is CC(C)CN1CCC2(CCN(Cc3ccccn3)C2=O)C1. The summed E-state index contributed by atoms with van der Waals surface area (Å²) in [5.41, 5.74) is 0.879. The van der Waals surface area contributed by atoms with Crippen LogP contribution in [0.4, 0.5) is 0 Å². The van der Waals surface area contributed by atoms with Gasteiger partial charge in [0.05, 0.1) is 17.7 Å². The zero-order chi connectivity index (χ0) is 14.9. The Balaban J connectivity index is 1.64. The Morgan fingerprint density at radius 3 is 2.81 bits per heavy atom. The molecule has 0 radical (unpaired) electrons. The molecule has 0 saturated carbocycles. The fraction of sp³-hybridized carbons (Fsp3) is 0.647. The van der Waals surface area contributed by atoms with Crippen LogP contribution in [-0.2, 0) is 11.3 Å². The van der Waals surface area contributed by atoms with Gasteiger partial charge in [-0.25, -0.2) is 0 Å². The molecule has 0 N–H and O–H groups in total. The van der Waals surface area contributed by atoms with Crippen molar-refractivity contribution in [3.8, 4) is 0 Å². The lowest BCUT2D eigenvalue weighted by Gasteiger charge is -2.24. The van der Waals surface area contributed by atoms with Gasteiger partial charge in [-0.1, -0.05) is 19.9 Å². The largest absolute Gasteiger partial charge is 0.336 e. The molecule has 2 saturated heterocycles. The van der Waals surface area contributed by atoms with Gasteiger partial charge < -0.3 is 9.80 Å². The molecule has 0 aliphatic carbocycles. The lowest BCUT2D eigenvalue weighted by Crippen LogP contribution is -2.37. The van der Waals surface area contributed by atoms with E-state index in [-0.39, 0.29) is 5.41 Å². The van der Waals surface area contributed by atoms with Crippen LogP contribution >= 0.6 is 0 Å². The van der Waals surface area contributed by atoms with Crippen LogP contribution in [0, 0.1) is 11.3 Å². The summed E-state index contributed by atoms with van der Waals surface area (Å²) in [5, 5.41) is 0. The van der Waals surface area contributed by atoms with Gasteiger partial charge in [-0.05, 0) is 37.4 Å². The van der Waals surface area contributed by atoms with Crippen molar-refractivity contribution in [3.63, 3.8) is 0 Å². The summed E-state index contributed by atoms with van der Waals surface area (Å²) >= 11 is 0. The molecule has 4 heteroatoms. The van der Waals surface area contributed by atoms with E-state index >= 15 is 0 Å². The second-order valence-electron chi connectivity index (χ2n) is 6.96. The minimum Gasteiger partial charge on any atom is -0.336 e. The Bertz CT molecular complexity index is 502. The standard InChI is InChI=1S/C17H25N3O/c1-14(2)11-19-9-6-17(13-19)7-10-20(16(17)21)12-15-5-3-4-8-18-15/h3-5,8,14H,6-7,9-13H2,1-2H3. The fourth-order valence-electron chi connectivity index (χ4n) is 3.74.